The van der Waals surface area contributed by atoms with E-state index in [4.69, 9.17) is 9.47 Å². The summed E-state index contributed by atoms with van der Waals surface area (Å²) in [7, 11) is -0.110. The lowest BCUT2D eigenvalue weighted by Crippen LogP contribution is -2.52. The van der Waals surface area contributed by atoms with Gasteiger partial charge in [-0.25, -0.2) is 13.2 Å². The number of imide groups is 1. The number of sulfone groups is 1. The Morgan fingerprint density at radius 3 is 2.47 bits per heavy atom. The van der Waals surface area contributed by atoms with Crippen LogP contribution in [0.1, 0.15) is 18.4 Å². The minimum Gasteiger partial charge on any atom is -0.493 e. The number of hydrogen-bond acceptors (Lipinski definition) is 7. The first kappa shape index (κ1) is 21.9. The molecule has 11 heteroatoms. The first-order valence-corrected chi connectivity index (χ1v) is 11.3. The zero-order valence-electron chi connectivity index (χ0n) is 16.9. The largest absolute Gasteiger partial charge is 0.493 e. The van der Waals surface area contributed by atoms with Crippen LogP contribution >= 0.6 is 0 Å². The Morgan fingerprint density at radius 2 is 1.83 bits per heavy atom. The predicted octanol–water partition coefficient (Wildman–Crippen LogP) is -0.138. The molecule has 2 saturated heterocycles. The number of ether oxygens (including phenoxy) is 2. The molecular formula is C19H25N3O7S. The van der Waals surface area contributed by atoms with E-state index in [-0.39, 0.29) is 24.3 Å². The van der Waals surface area contributed by atoms with Crippen molar-refractivity contribution in [3.8, 4) is 11.5 Å². The topological polar surface area (TPSA) is 131 Å². The lowest BCUT2D eigenvalue weighted by Gasteiger charge is -2.30. The summed E-state index contributed by atoms with van der Waals surface area (Å²) in [5.41, 5.74) is -0.298. The summed E-state index contributed by atoms with van der Waals surface area (Å²) in [6.45, 7) is -0.105. The van der Waals surface area contributed by atoms with Crippen molar-refractivity contribution in [2.24, 2.45) is 0 Å². The van der Waals surface area contributed by atoms with Crippen LogP contribution in [-0.2, 0) is 25.8 Å². The molecule has 164 valence electrons. The zero-order valence-corrected chi connectivity index (χ0v) is 17.7. The highest BCUT2D eigenvalue weighted by molar-refractivity contribution is 7.91. The fourth-order valence-corrected chi connectivity index (χ4v) is 5.15. The number of benzene rings is 1. The van der Waals surface area contributed by atoms with E-state index >= 15 is 0 Å². The number of amides is 4. The summed E-state index contributed by atoms with van der Waals surface area (Å²) < 4.78 is 33.7. The smallest absolute Gasteiger partial charge is 0.325 e. The molecule has 0 aromatic heterocycles. The Morgan fingerprint density at radius 1 is 1.17 bits per heavy atom. The molecule has 0 unspecified atom stereocenters. The van der Waals surface area contributed by atoms with Crippen LogP contribution in [0.4, 0.5) is 4.79 Å². The summed E-state index contributed by atoms with van der Waals surface area (Å²) in [5.74, 6) is -0.153. The maximum absolute atomic E-state index is 12.7. The van der Waals surface area contributed by atoms with E-state index in [1.165, 1.54) is 7.11 Å². The Kier molecular flexibility index (Phi) is 6.20. The molecule has 0 aliphatic carbocycles. The molecule has 0 saturated carbocycles. The lowest BCUT2D eigenvalue weighted by atomic mass is 9.92. The van der Waals surface area contributed by atoms with Gasteiger partial charge in [0.25, 0.3) is 5.91 Å². The van der Waals surface area contributed by atoms with E-state index in [9.17, 15) is 22.8 Å². The van der Waals surface area contributed by atoms with Crippen LogP contribution in [0, 0.1) is 0 Å². The number of carbonyl (C=O) groups excluding carboxylic acids is 3. The Balaban J connectivity index is 1.53. The van der Waals surface area contributed by atoms with Gasteiger partial charge in [-0.05, 0) is 37.0 Å². The quantitative estimate of drug-likeness (QED) is 0.566. The number of nitrogens with one attached hydrogen (secondary N) is 2. The molecule has 0 bridgehead atoms. The van der Waals surface area contributed by atoms with Crippen molar-refractivity contribution in [1.82, 2.24) is 15.5 Å². The first-order chi connectivity index (χ1) is 14.2. The molecule has 2 fully saturated rings. The normalized spacial score (nSPS) is 19.5. The SMILES string of the molecule is COc1ccc(CCNC(=O)CN2C(=O)NC3(CCS(=O)(=O)CC3)C2=O)cc1OC. The third-order valence-corrected chi connectivity index (χ3v) is 7.06. The monoisotopic (exact) mass is 439 g/mol. The first-order valence-electron chi connectivity index (χ1n) is 9.52. The van der Waals surface area contributed by atoms with Gasteiger partial charge in [0.1, 0.15) is 12.1 Å². The maximum Gasteiger partial charge on any atom is 0.325 e. The van der Waals surface area contributed by atoms with Crippen LogP contribution < -0.4 is 20.1 Å². The molecule has 10 nitrogen and oxygen atoms in total. The molecule has 30 heavy (non-hydrogen) atoms. The molecule has 1 spiro atoms. The third-order valence-electron chi connectivity index (χ3n) is 5.41. The molecular weight excluding hydrogens is 414 g/mol. The van der Waals surface area contributed by atoms with E-state index < -0.39 is 39.8 Å². The second-order valence-electron chi connectivity index (χ2n) is 7.34. The van der Waals surface area contributed by atoms with Gasteiger partial charge in [0, 0.05) is 6.54 Å². The second-order valence-corrected chi connectivity index (χ2v) is 9.65. The fourth-order valence-electron chi connectivity index (χ4n) is 3.63. The van der Waals surface area contributed by atoms with Gasteiger partial charge in [0.2, 0.25) is 5.91 Å². The van der Waals surface area contributed by atoms with Crippen LogP contribution in [0.2, 0.25) is 0 Å². The number of rotatable bonds is 7. The van der Waals surface area contributed by atoms with E-state index in [2.05, 4.69) is 10.6 Å². The van der Waals surface area contributed by atoms with Crippen LogP contribution in [0.3, 0.4) is 0 Å². The molecule has 3 rings (SSSR count). The summed E-state index contributed by atoms with van der Waals surface area (Å²) in [5, 5.41) is 5.27. The number of methoxy groups -OCH3 is 2. The molecule has 4 amide bonds. The second kappa shape index (κ2) is 8.50. The van der Waals surface area contributed by atoms with Crippen molar-refractivity contribution in [3.05, 3.63) is 23.8 Å². The van der Waals surface area contributed by atoms with Gasteiger partial charge in [0.15, 0.2) is 21.3 Å². The average Bonchev–Trinajstić information content (AvgIpc) is 2.94. The minimum absolute atomic E-state index is 0.0251. The fraction of sp³-hybridized carbons (Fsp3) is 0.526. The van der Waals surface area contributed by atoms with E-state index in [1.54, 1.807) is 13.2 Å². The van der Waals surface area contributed by atoms with Gasteiger partial charge in [-0.15, -0.1) is 0 Å². The van der Waals surface area contributed by atoms with E-state index in [0.717, 1.165) is 10.5 Å². The van der Waals surface area contributed by atoms with Crippen LogP contribution in [0.5, 0.6) is 11.5 Å². The molecule has 2 N–H and O–H groups in total. The maximum atomic E-state index is 12.7. The highest BCUT2D eigenvalue weighted by Crippen LogP contribution is 2.30. The van der Waals surface area contributed by atoms with Crippen molar-refractivity contribution in [2.45, 2.75) is 24.8 Å². The van der Waals surface area contributed by atoms with Crippen LogP contribution in [0.25, 0.3) is 0 Å². The third kappa shape index (κ3) is 4.50. The molecule has 1 aromatic carbocycles. The van der Waals surface area contributed by atoms with Crippen LogP contribution in [-0.4, -0.2) is 75.5 Å². The average molecular weight is 439 g/mol. The van der Waals surface area contributed by atoms with Gasteiger partial charge < -0.3 is 20.1 Å². The highest BCUT2D eigenvalue weighted by atomic mass is 32.2. The van der Waals surface area contributed by atoms with E-state index in [0.29, 0.717) is 24.5 Å². The van der Waals surface area contributed by atoms with Gasteiger partial charge >= 0.3 is 6.03 Å². The molecule has 2 aliphatic heterocycles. The Bertz CT molecular complexity index is 947. The molecule has 0 atom stereocenters. The number of hydrogen-bond donors (Lipinski definition) is 2. The Hall–Kier alpha value is -2.82. The van der Waals surface area contributed by atoms with Gasteiger partial charge in [-0.2, -0.15) is 0 Å². The molecule has 2 heterocycles. The van der Waals surface area contributed by atoms with Crippen molar-refractivity contribution in [2.75, 3.05) is 38.8 Å². The van der Waals surface area contributed by atoms with Gasteiger partial charge in [-0.1, -0.05) is 6.07 Å². The van der Waals surface area contributed by atoms with Gasteiger partial charge in [0.05, 0.1) is 25.7 Å². The molecule has 0 radical (unpaired) electrons. The lowest BCUT2D eigenvalue weighted by molar-refractivity contribution is -0.135. The highest BCUT2D eigenvalue weighted by Gasteiger charge is 2.53. The minimum atomic E-state index is -3.19. The Labute approximate surface area is 174 Å². The van der Waals surface area contributed by atoms with Crippen molar-refractivity contribution in [3.63, 3.8) is 0 Å². The number of urea groups is 1. The molecule has 2 aliphatic rings. The van der Waals surface area contributed by atoms with Crippen molar-refractivity contribution >= 4 is 27.7 Å². The summed E-state index contributed by atoms with van der Waals surface area (Å²) in [4.78, 5) is 38.0. The molecule has 1 aromatic rings. The standard InChI is InChI=1S/C19H25N3O7S/c1-28-14-4-3-13(11-15(14)29-2)5-8-20-16(23)12-22-17(24)19(21-18(22)25)6-9-30(26,27)10-7-19/h3-4,11H,5-10,12H2,1-2H3,(H,20,23)(H,21,25). The van der Waals surface area contributed by atoms with Crippen molar-refractivity contribution < 1.29 is 32.3 Å². The predicted molar refractivity (Wildman–Crippen MR) is 107 cm³/mol. The summed E-state index contributed by atoms with van der Waals surface area (Å²) in [6, 6.07) is 4.76. The summed E-state index contributed by atoms with van der Waals surface area (Å²) in [6.07, 6.45) is 0.572. The number of carbonyl (C=O) groups is 3. The van der Waals surface area contributed by atoms with Gasteiger partial charge in [-0.3, -0.25) is 14.5 Å². The van der Waals surface area contributed by atoms with E-state index in [1.807, 2.05) is 12.1 Å². The zero-order chi connectivity index (χ0) is 21.9. The van der Waals surface area contributed by atoms with Crippen LogP contribution in [0.15, 0.2) is 18.2 Å². The number of nitrogens with zero attached hydrogens (tertiary/aromatic N) is 1. The van der Waals surface area contributed by atoms with Crippen molar-refractivity contribution in [1.29, 1.82) is 0 Å². The summed E-state index contributed by atoms with van der Waals surface area (Å²) >= 11 is 0.